The van der Waals surface area contributed by atoms with Crippen LogP contribution in [0.15, 0.2) is 28.6 Å². The molecule has 25 heavy (non-hydrogen) atoms. The first-order chi connectivity index (χ1) is 11.8. The molecule has 3 rings (SSSR count). The minimum atomic E-state index is -3.43. The second kappa shape index (κ2) is 7.19. The predicted octanol–water partition coefficient (Wildman–Crippen LogP) is 2.49. The summed E-state index contributed by atoms with van der Waals surface area (Å²) in [4.78, 5) is 3.33. The van der Waals surface area contributed by atoms with Crippen LogP contribution >= 0.6 is 11.3 Å². The van der Waals surface area contributed by atoms with E-state index in [2.05, 4.69) is 17.0 Å². The van der Waals surface area contributed by atoms with Gasteiger partial charge in [0.15, 0.2) is 0 Å². The fourth-order valence-corrected chi connectivity index (χ4v) is 6.45. The topological polar surface area (TPSA) is 58.4 Å². The van der Waals surface area contributed by atoms with Crippen LogP contribution in [-0.2, 0) is 17.1 Å². The van der Waals surface area contributed by atoms with Crippen LogP contribution in [0.1, 0.15) is 29.5 Å². The number of likely N-dealkylation sites (tertiary alicyclic amines) is 1. The second-order valence-electron chi connectivity index (χ2n) is 6.86. The molecule has 1 fully saturated rings. The number of aromatic nitrogens is 2. The molecule has 0 aromatic carbocycles. The molecule has 138 valence electrons. The van der Waals surface area contributed by atoms with E-state index in [1.165, 1.54) is 15.6 Å². The highest BCUT2D eigenvalue weighted by Crippen LogP contribution is 2.36. The van der Waals surface area contributed by atoms with E-state index in [9.17, 15) is 8.42 Å². The summed E-state index contributed by atoms with van der Waals surface area (Å²) in [6.07, 6.45) is 3.91. The van der Waals surface area contributed by atoms with Crippen molar-refractivity contribution in [1.29, 1.82) is 0 Å². The van der Waals surface area contributed by atoms with Gasteiger partial charge in [-0.05, 0) is 57.5 Å². The Morgan fingerprint density at radius 3 is 2.68 bits per heavy atom. The van der Waals surface area contributed by atoms with E-state index in [-0.39, 0.29) is 12.0 Å². The molecule has 6 nitrogen and oxygen atoms in total. The number of hydrogen-bond donors (Lipinski definition) is 0. The van der Waals surface area contributed by atoms with Crippen molar-refractivity contribution in [2.75, 3.05) is 27.2 Å². The number of nitrogens with zero attached hydrogens (tertiary/aromatic N) is 4. The lowest BCUT2D eigenvalue weighted by Crippen LogP contribution is -2.43. The number of aryl methyl sites for hydroxylation is 2. The van der Waals surface area contributed by atoms with E-state index in [4.69, 9.17) is 0 Å². The molecule has 0 spiro atoms. The highest BCUT2D eigenvalue weighted by molar-refractivity contribution is 7.91. The fourth-order valence-electron chi connectivity index (χ4n) is 3.73. The summed E-state index contributed by atoms with van der Waals surface area (Å²) in [7, 11) is 2.33. The second-order valence-corrected chi connectivity index (χ2v) is 10.4. The van der Waals surface area contributed by atoms with Gasteiger partial charge in [0.2, 0.25) is 0 Å². The Hall–Kier alpha value is -1.22. The van der Waals surface area contributed by atoms with Crippen molar-refractivity contribution < 1.29 is 8.42 Å². The summed E-state index contributed by atoms with van der Waals surface area (Å²) >= 11 is 1.33. The zero-order valence-electron chi connectivity index (χ0n) is 15.2. The van der Waals surface area contributed by atoms with Crippen molar-refractivity contribution in [2.45, 2.75) is 30.0 Å². The van der Waals surface area contributed by atoms with Crippen LogP contribution in [0.3, 0.4) is 0 Å². The number of hydrogen-bond acceptors (Lipinski definition) is 5. The standard InChI is InChI=1S/C17H26N4O2S2/c1-13-7-8-16(24-13)25(22,23)20(3)12-14-6-5-11-19(2)17(14)15-9-10-18-21(15)4/h7-10,14,17H,5-6,11-12H2,1-4H3/t14-,17+/m0/s1. The average Bonchev–Trinajstić information content (AvgIpc) is 3.16. The Labute approximate surface area is 154 Å². The molecular formula is C17H26N4O2S2. The molecule has 0 unspecified atom stereocenters. The number of piperidine rings is 1. The quantitative estimate of drug-likeness (QED) is 0.797. The summed E-state index contributed by atoms with van der Waals surface area (Å²) in [6.45, 7) is 3.46. The molecule has 1 aliphatic rings. The zero-order chi connectivity index (χ0) is 18.2. The Balaban J connectivity index is 1.83. The van der Waals surface area contributed by atoms with Crippen molar-refractivity contribution in [3.05, 3.63) is 35.0 Å². The molecule has 2 atom stereocenters. The van der Waals surface area contributed by atoms with Gasteiger partial charge in [-0.1, -0.05) is 0 Å². The van der Waals surface area contributed by atoms with Crippen LogP contribution in [0.4, 0.5) is 0 Å². The lowest BCUT2D eigenvalue weighted by atomic mass is 9.87. The third-order valence-electron chi connectivity index (χ3n) is 5.04. The number of rotatable bonds is 5. The van der Waals surface area contributed by atoms with Gasteiger partial charge < -0.3 is 0 Å². The summed E-state index contributed by atoms with van der Waals surface area (Å²) in [6, 6.07) is 5.79. The van der Waals surface area contributed by atoms with Gasteiger partial charge >= 0.3 is 0 Å². The third kappa shape index (κ3) is 3.67. The first-order valence-electron chi connectivity index (χ1n) is 8.51. The molecule has 0 N–H and O–H groups in total. The highest BCUT2D eigenvalue weighted by atomic mass is 32.2. The molecule has 2 aromatic rings. The maximum absolute atomic E-state index is 12.9. The fraction of sp³-hybridized carbons (Fsp3) is 0.588. The summed E-state index contributed by atoms with van der Waals surface area (Å²) in [5.41, 5.74) is 1.14. The van der Waals surface area contributed by atoms with Crippen molar-refractivity contribution in [3.8, 4) is 0 Å². The van der Waals surface area contributed by atoms with E-state index < -0.39 is 10.0 Å². The Morgan fingerprint density at radius 1 is 1.32 bits per heavy atom. The van der Waals surface area contributed by atoms with Crippen LogP contribution in [0.5, 0.6) is 0 Å². The molecule has 1 saturated heterocycles. The van der Waals surface area contributed by atoms with Crippen molar-refractivity contribution in [2.24, 2.45) is 13.0 Å². The highest BCUT2D eigenvalue weighted by Gasteiger charge is 2.35. The van der Waals surface area contributed by atoms with Gasteiger partial charge in [-0.25, -0.2) is 8.42 Å². The normalized spacial score (nSPS) is 22.6. The van der Waals surface area contributed by atoms with Crippen LogP contribution in [0.25, 0.3) is 0 Å². The summed E-state index contributed by atoms with van der Waals surface area (Å²) in [5.74, 6) is 0.245. The molecule has 0 aliphatic carbocycles. The first kappa shape index (κ1) is 18.6. The minimum absolute atomic E-state index is 0.184. The molecule has 3 heterocycles. The largest absolute Gasteiger partial charge is 0.298 e. The van der Waals surface area contributed by atoms with Gasteiger partial charge in [0.05, 0.1) is 11.7 Å². The van der Waals surface area contributed by atoms with Crippen molar-refractivity contribution in [3.63, 3.8) is 0 Å². The predicted molar refractivity (Wildman–Crippen MR) is 100 cm³/mol. The van der Waals surface area contributed by atoms with Gasteiger partial charge in [-0.3, -0.25) is 9.58 Å². The lowest BCUT2D eigenvalue weighted by molar-refractivity contribution is 0.103. The molecular weight excluding hydrogens is 356 g/mol. The van der Waals surface area contributed by atoms with Crippen molar-refractivity contribution in [1.82, 2.24) is 19.0 Å². The van der Waals surface area contributed by atoms with Gasteiger partial charge in [-0.2, -0.15) is 9.40 Å². The Bertz CT molecular complexity index is 827. The molecule has 1 aliphatic heterocycles. The summed E-state index contributed by atoms with van der Waals surface area (Å²) in [5, 5.41) is 4.30. The number of sulfonamides is 1. The van der Waals surface area contributed by atoms with E-state index >= 15 is 0 Å². The van der Waals surface area contributed by atoms with E-state index in [1.807, 2.05) is 37.0 Å². The molecule has 0 amide bonds. The molecule has 0 saturated carbocycles. The smallest absolute Gasteiger partial charge is 0.252 e. The van der Waals surface area contributed by atoms with E-state index in [0.29, 0.717) is 10.8 Å². The van der Waals surface area contributed by atoms with E-state index in [1.54, 1.807) is 13.1 Å². The molecule has 8 heteroatoms. The SMILES string of the molecule is Cc1ccc(S(=O)(=O)N(C)C[C@@H]2CCCN(C)[C@H]2c2ccnn2C)s1. The van der Waals surface area contributed by atoms with Crippen LogP contribution in [0.2, 0.25) is 0 Å². The molecule has 0 bridgehead atoms. The Kier molecular flexibility index (Phi) is 5.34. The number of thiophene rings is 1. The lowest BCUT2D eigenvalue weighted by Gasteiger charge is -2.40. The van der Waals surface area contributed by atoms with Crippen LogP contribution in [0, 0.1) is 12.8 Å². The van der Waals surface area contributed by atoms with Gasteiger partial charge in [0, 0.05) is 31.7 Å². The zero-order valence-corrected chi connectivity index (χ0v) is 16.8. The van der Waals surface area contributed by atoms with Crippen molar-refractivity contribution >= 4 is 21.4 Å². The monoisotopic (exact) mass is 382 g/mol. The maximum Gasteiger partial charge on any atom is 0.252 e. The van der Waals surface area contributed by atoms with Crippen LogP contribution in [-0.4, -0.2) is 54.6 Å². The Morgan fingerprint density at radius 2 is 2.08 bits per heavy atom. The van der Waals surface area contributed by atoms with Gasteiger partial charge in [-0.15, -0.1) is 11.3 Å². The van der Waals surface area contributed by atoms with Crippen LogP contribution < -0.4 is 0 Å². The first-order valence-corrected chi connectivity index (χ1v) is 10.8. The summed E-state index contributed by atoms with van der Waals surface area (Å²) < 4.78 is 29.6. The molecule has 0 radical (unpaired) electrons. The third-order valence-corrected chi connectivity index (χ3v) is 8.33. The van der Waals surface area contributed by atoms with Gasteiger partial charge in [0.1, 0.15) is 4.21 Å². The maximum atomic E-state index is 12.9. The molecule has 2 aromatic heterocycles. The van der Waals surface area contributed by atoms with E-state index in [0.717, 1.165) is 30.0 Å². The minimum Gasteiger partial charge on any atom is -0.298 e. The van der Waals surface area contributed by atoms with Gasteiger partial charge in [0.25, 0.3) is 10.0 Å². The average molecular weight is 383 g/mol.